The van der Waals surface area contributed by atoms with Crippen LogP contribution in [0.3, 0.4) is 0 Å². The average Bonchev–Trinajstić information content (AvgIpc) is 2.84. The number of fused-ring (bicyclic) bond motifs is 1. The molecule has 0 spiro atoms. The lowest BCUT2D eigenvalue weighted by Gasteiger charge is -2.25. The van der Waals surface area contributed by atoms with Gasteiger partial charge >= 0.3 is 0 Å². The minimum atomic E-state index is -0.785. The molecule has 1 N–H and O–H groups in total. The monoisotopic (exact) mass is 289 g/mol. The van der Waals surface area contributed by atoms with Gasteiger partial charge in [0.15, 0.2) is 0 Å². The van der Waals surface area contributed by atoms with Gasteiger partial charge in [0.2, 0.25) is 0 Å². The molecule has 1 aliphatic heterocycles. The van der Waals surface area contributed by atoms with Crippen LogP contribution in [0.4, 0.5) is 20.2 Å². The summed E-state index contributed by atoms with van der Waals surface area (Å²) in [5.74, 6) is -0.633. The van der Waals surface area contributed by atoms with Gasteiger partial charge in [-0.25, -0.2) is 8.78 Å². The number of aliphatic hydroxyl groups is 1. The Balaban J connectivity index is 2.15. The SMILES string of the molecule is Cc1cc(N2CCc3ccc(F)cc32)c([C@H](C)O)cc1F. The van der Waals surface area contributed by atoms with E-state index in [2.05, 4.69) is 0 Å². The second kappa shape index (κ2) is 5.11. The number of aliphatic hydroxyl groups excluding tert-OH is 1. The summed E-state index contributed by atoms with van der Waals surface area (Å²) >= 11 is 0. The molecule has 0 bridgehead atoms. The van der Waals surface area contributed by atoms with Gasteiger partial charge in [-0.15, -0.1) is 0 Å². The van der Waals surface area contributed by atoms with Crippen molar-refractivity contribution < 1.29 is 13.9 Å². The van der Waals surface area contributed by atoms with Gasteiger partial charge in [-0.2, -0.15) is 0 Å². The first-order valence-corrected chi connectivity index (χ1v) is 7.01. The number of benzene rings is 2. The number of hydrogen-bond acceptors (Lipinski definition) is 2. The summed E-state index contributed by atoms with van der Waals surface area (Å²) in [6.07, 6.45) is 0.0263. The molecule has 2 aromatic carbocycles. The largest absolute Gasteiger partial charge is 0.389 e. The van der Waals surface area contributed by atoms with Crippen molar-refractivity contribution in [2.24, 2.45) is 0 Å². The molecule has 2 nitrogen and oxygen atoms in total. The number of hydrogen-bond donors (Lipinski definition) is 1. The van der Waals surface area contributed by atoms with E-state index in [1.54, 1.807) is 26.0 Å². The van der Waals surface area contributed by atoms with E-state index in [1.165, 1.54) is 18.2 Å². The van der Waals surface area contributed by atoms with Gasteiger partial charge in [0.25, 0.3) is 0 Å². The van der Waals surface area contributed by atoms with E-state index in [1.807, 2.05) is 4.90 Å². The third-order valence-electron chi connectivity index (χ3n) is 3.99. The summed E-state index contributed by atoms with van der Waals surface area (Å²) in [5, 5.41) is 9.92. The van der Waals surface area contributed by atoms with E-state index >= 15 is 0 Å². The van der Waals surface area contributed by atoms with Crippen molar-refractivity contribution in [3.05, 3.63) is 58.7 Å². The standard InChI is InChI=1S/C17H17F2NO/c1-10-7-17(14(11(2)21)9-15(10)19)20-6-5-12-3-4-13(18)8-16(12)20/h3-4,7-9,11,21H,5-6H2,1-2H3/t11-/m0/s1. The van der Waals surface area contributed by atoms with Crippen LogP contribution in [-0.2, 0) is 6.42 Å². The summed E-state index contributed by atoms with van der Waals surface area (Å²) < 4.78 is 27.3. The maximum absolute atomic E-state index is 13.8. The molecule has 0 unspecified atom stereocenters. The van der Waals surface area contributed by atoms with Gasteiger partial charge in [0.05, 0.1) is 6.10 Å². The Kier molecular flexibility index (Phi) is 3.41. The molecule has 0 radical (unpaired) electrons. The maximum Gasteiger partial charge on any atom is 0.126 e. The first-order valence-electron chi connectivity index (χ1n) is 7.01. The Hall–Kier alpha value is -1.94. The number of rotatable bonds is 2. The predicted octanol–water partition coefficient (Wildman–Crippen LogP) is 4.02. The topological polar surface area (TPSA) is 23.5 Å². The first-order chi connectivity index (χ1) is 9.97. The zero-order valence-electron chi connectivity index (χ0n) is 12.0. The third kappa shape index (κ3) is 2.40. The Morgan fingerprint density at radius 3 is 2.62 bits per heavy atom. The normalized spacial score (nSPS) is 15.2. The number of anilines is 2. The van der Waals surface area contributed by atoms with Crippen LogP contribution in [0.2, 0.25) is 0 Å². The molecule has 1 atom stereocenters. The predicted molar refractivity (Wildman–Crippen MR) is 78.9 cm³/mol. The molecular formula is C17H17F2NO. The smallest absolute Gasteiger partial charge is 0.126 e. The molecular weight excluding hydrogens is 272 g/mol. The summed E-state index contributed by atoms with van der Waals surface area (Å²) in [6.45, 7) is 3.99. The lowest BCUT2D eigenvalue weighted by molar-refractivity contribution is 0.199. The van der Waals surface area contributed by atoms with Gasteiger partial charge in [0.1, 0.15) is 11.6 Å². The van der Waals surface area contributed by atoms with Crippen LogP contribution < -0.4 is 4.90 Å². The lowest BCUT2D eigenvalue weighted by Crippen LogP contribution is -2.17. The fourth-order valence-corrected chi connectivity index (χ4v) is 2.85. The van der Waals surface area contributed by atoms with Crippen LogP contribution in [0.15, 0.2) is 30.3 Å². The molecule has 3 rings (SSSR count). The van der Waals surface area contributed by atoms with E-state index in [4.69, 9.17) is 0 Å². The third-order valence-corrected chi connectivity index (χ3v) is 3.99. The second-order valence-electron chi connectivity index (χ2n) is 5.51. The van der Waals surface area contributed by atoms with Gasteiger partial charge in [-0.3, -0.25) is 0 Å². The zero-order chi connectivity index (χ0) is 15.1. The van der Waals surface area contributed by atoms with E-state index in [-0.39, 0.29) is 11.6 Å². The van der Waals surface area contributed by atoms with Gasteiger partial charge in [-0.05, 0) is 55.7 Å². The zero-order valence-corrected chi connectivity index (χ0v) is 12.0. The van der Waals surface area contributed by atoms with Crippen molar-refractivity contribution in [1.82, 2.24) is 0 Å². The molecule has 110 valence electrons. The Bertz CT molecular complexity index is 697. The number of nitrogens with zero attached hydrogens (tertiary/aromatic N) is 1. The van der Waals surface area contributed by atoms with E-state index in [0.717, 1.165) is 23.4 Å². The van der Waals surface area contributed by atoms with Crippen molar-refractivity contribution >= 4 is 11.4 Å². The van der Waals surface area contributed by atoms with Gasteiger partial charge in [-0.1, -0.05) is 6.07 Å². The van der Waals surface area contributed by atoms with E-state index in [9.17, 15) is 13.9 Å². The molecule has 21 heavy (non-hydrogen) atoms. The number of aryl methyl sites for hydroxylation is 1. The van der Waals surface area contributed by atoms with Crippen molar-refractivity contribution in [2.45, 2.75) is 26.4 Å². The lowest BCUT2D eigenvalue weighted by atomic mass is 10.0. The summed E-state index contributed by atoms with van der Waals surface area (Å²) in [7, 11) is 0. The van der Waals surface area contributed by atoms with Crippen molar-refractivity contribution in [1.29, 1.82) is 0 Å². The quantitative estimate of drug-likeness (QED) is 0.902. The minimum absolute atomic E-state index is 0.293. The average molecular weight is 289 g/mol. The fourth-order valence-electron chi connectivity index (χ4n) is 2.85. The summed E-state index contributed by atoms with van der Waals surface area (Å²) in [4.78, 5) is 1.95. The van der Waals surface area contributed by atoms with Gasteiger partial charge in [0, 0.05) is 23.5 Å². The highest BCUT2D eigenvalue weighted by Gasteiger charge is 2.25. The molecule has 0 aliphatic carbocycles. The Morgan fingerprint density at radius 2 is 1.90 bits per heavy atom. The highest BCUT2D eigenvalue weighted by molar-refractivity contribution is 5.73. The summed E-state index contributed by atoms with van der Waals surface area (Å²) in [6, 6.07) is 7.81. The highest BCUT2D eigenvalue weighted by Crippen LogP contribution is 2.39. The molecule has 1 aliphatic rings. The maximum atomic E-state index is 13.8. The van der Waals surface area contributed by atoms with Crippen LogP contribution in [-0.4, -0.2) is 11.7 Å². The Labute approximate surface area is 122 Å². The second-order valence-corrected chi connectivity index (χ2v) is 5.51. The van der Waals surface area contributed by atoms with Gasteiger partial charge < -0.3 is 10.0 Å². The highest BCUT2D eigenvalue weighted by atomic mass is 19.1. The van der Waals surface area contributed by atoms with E-state index < -0.39 is 6.10 Å². The van der Waals surface area contributed by atoms with Crippen LogP contribution in [0.5, 0.6) is 0 Å². The van der Waals surface area contributed by atoms with Crippen molar-refractivity contribution in [3.63, 3.8) is 0 Å². The van der Waals surface area contributed by atoms with E-state index in [0.29, 0.717) is 17.7 Å². The van der Waals surface area contributed by atoms with Crippen LogP contribution in [0.25, 0.3) is 0 Å². The molecule has 2 aromatic rings. The van der Waals surface area contributed by atoms with Crippen molar-refractivity contribution in [3.8, 4) is 0 Å². The number of halogens is 2. The molecule has 1 heterocycles. The summed E-state index contributed by atoms with van der Waals surface area (Å²) in [5.41, 5.74) is 3.64. The van der Waals surface area contributed by atoms with Crippen LogP contribution in [0.1, 0.15) is 29.7 Å². The van der Waals surface area contributed by atoms with Crippen LogP contribution in [0, 0.1) is 18.6 Å². The molecule has 0 saturated heterocycles. The fraction of sp³-hybridized carbons (Fsp3) is 0.294. The van der Waals surface area contributed by atoms with Crippen molar-refractivity contribution in [2.75, 3.05) is 11.4 Å². The molecule has 0 amide bonds. The molecule has 0 aromatic heterocycles. The molecule has 0 saturated carbocycles. The van der Waals surface area contributed by atoms with Crippen LogP contribution >= 0.6 is 0 Å². The molecule has 0 fully saturated rings. The Morgan fingerprint density at radius 1 is 1.14 bits per heavy atom. The molecule has 4 heteroatoms. The minimum Gasteiger partial charge on any atom is -0.389 e. The first kappa shape index (κ1) is 14.0.